The fraction of sp³-hybridized carbons (Fsp3) is 0.423. The first-order chi connectivity index (χ1) is 16.2. The molecule has 0 aliphatic heterocycles. The van der Waals surface area contributed by atoms with Gasteiger partial charge in [0.05, 0.1) is 12.1 Å². The molecule has 2 amide bonds. The molecule has 0 aromatic heterocycles. The summed E-state index contributed by atoms with van der Waals surface area (Å²) in [5, 5.41) is 24.2. The Morgan fingerprint density at radius 1 is 1.03 bits per heavy atom. The smallest absolute Gasteiger partial charge is 0.407 e. The molecule has 2 aliphatic rings. The number of fused-ring (bicyclic) bond motifs is 3. The minimum absolute atomic E-state index is 0.00705. The third kappa shape index (κ3) is 4.92. The van der Waals surface area contributed by atoms with E-state index in [0.717, 1.165) is 42.0 Å². The predicted molar refractivity (Wildman–Crippen MR) is 125 cm³/mol. The molecule has 0 radical (unpaired) electrons. The first-order valence-corrected chi connectivity index (χ1v) is 11.6. The van der Waals surface area contributed by atoms with E-state index in [2.05, 4.69) is 34.9 Å². The Morgan fingerprint density at radius 2 is 1.59 bits per heavy atom. The SMILES string of the molecule is CC(O)(CNC(=O)CC1(NC(=O)OCC2c3ccccc3-c3ccccc32)CCCC1)C(=O)O. The lowest BCUT2D eigenvalue weighted by Crippen LogP contribution is -2.52. The van der Waals surface area contributed by atoms with E-state index in [0.29, 0.717) is 12.8 Å². The van der Waals surface area contributed by atoms with Gasteiger partial charge in [0.2, 0.25) is 5.91 Å². The van der Waals surface area contributed by atoms with E-state index in [1.165, 1.54) is 0 Å². The maximum absolute atomic E-state index is 12.8. The Balaban J connectivity index is 1.38. The number of carbonyl (C=O) groups excluding carboxylic acids is 2. The van der Waals surface area contributed by atoms with Gasteiger partial charge >= 0.3 is 12.1 Å². The van der Waals surface area contributed by atoms with Crippen LogP contribution in [0.25, 0.3) is 11.1 Å². The number of ether oxygens (including phenoxy) is 1. The summed E-state index contributed by atoms with van der Waals surface area (Å²) in [6.07, 6.45) is 2.40. The highest BCUT2D eigenvalue weighted by molar-refractivity contribution is 5.82. The molecule has 8 heteroatoms. The normalized spacial score (nSPS) is 17.8. The number of carboxylic acids is 1. The van der Waals surface area contributed by atoms with Crippen molar-refractivity contribution in [2.75, 3.05) is 13.2 Å². The molecule has 34 heavy (non-hydrogen) atoms. The summed E-state index contributed by atoms with van der Waals surface area (Å²) in [6.45, 7) is 0.891. The van der Waals surface area contributed by atoms with Gasteiger partial charge in [-0.15, -0.1) is 0 Å². The number of benzene rings is 2. The number of alkyl carbamates (subject to hydrolysis) is 1. The second kappa shape index (κ2) is 9.46. The fourth-order valence-electron chi connectivity index (χ4n) is 4.96. The fourth-order valence-corrected chi connectivity index (χ4v) is 4.96. The van der Waals surface area contributed by atoms with E-state index < -0.39 is 35.7 Å². The molecule has 0 saturated heterocycles. The Kier molecular flexibility index (Phi) is 6.61. The Hall–Kier alpha value is -3.39. The van der Waals surface area contributed by atoms with Crippen molar-refractivity contribution < 1.29 is 29.3 Å². The van der Waals surface area contributed by atoms with Crippen LogP contribution >= 0.6 is 0 Å². The molecular formula is C26H30N2O6. The van der Waals surface area contributed by atoms with Crippen LogP contribution in [0.3, 0.4) is 0 Å². The summed E-state index contributed by atoms with van der Waals surface area (Å²) in [6, 6.07) is 16.2. The molecule has 0 heterocycles. The molecule has 0 bridgehead atoms. The van der Waals surface area contributed by atoms with Gasteiger partial charge in [-0.3, -0.25) is 4.79 Å². The highest BCUT2D eigenvalue weighted by atomic mass is 16.5. The summed E-state index contributed by atoms with van der Waals surface area (Å²) in [7, 11) is 0. The number of rotatable bonds is 8. The van der Waals surface area contributed by atoms with Crippen LogP contribution < -0.4 is 10.6 Å². The first kappa shape index (κ1) is 23.8. The lowest BCUT2D eigenvalue weighted by Gasteiger charge is -2.30. The average Bonchev–Trinajstić information content (AvgIpc) is 3.39. The zero-order valence-corrected chi connectivity index (χ0v) is 19.2. The third-order valence-corrected chi connectivity index (χ3v) is 6.86. The summed E-state index contributed by atoms with van der Waals surface area (Å²) >= 11 is 0. The largest absolute Gasteiger partial charge is 0.479 e. The van der Waals surface area contributed by atoms with E-state index in [-0.39, 0.29) is 18.9 Å². The van der Waals surface area contributed by atoms with Gasteiger partial charge in [-0.25, -0.2) is 9.59 Å². The molecule has 2 aromatic carbocycles. The number of nitrogens with one attached hydrogen (secondary N) is 2. The van der Waals surface area contributed by atoms with E-state index in [4.69, 9.17) is 9.84 Å². The Morgan fingerprint density at radius 3 is 2.15 bits per heavy atom. The Labute approximate surface area is 198 Å². The maximum Gasteiger partial charge on any atom is 0.407 e. The van der Waals surface area contributed by atoms with E-state index in [1.54, 1.807) is 0 Å². The van der Waals surface area contributed by atoms with Crippen molar-refractivity contribution in [1.29, 1.82) is 0 Å². The minimum Gasteiger partial charge on any atom is -0.479 e. The van der Waals surface area contributed by atoms with Gasteiger partial charge in [-0.1, -0.05) is 61.4 Å². The van der Waals surface area contributed by atoms with Crippen LogP contribution in [0.2, 0.25) is 0 Å². The van der Waals surface area contributed by atoms with Crippen LogP contribution in [0.1, 0.15) is 56.1 Å². The molecule has 1 saturated carbocycles. The molecule has 4 N–H and O–H groups in total. The van der Waals surface area contributed by atoms with Crippen molar-refractivity contribution in [3.05, 3.63) is 59.7 Å². The van der Waals surface area contributed by atoms with E-state index in [9.17, 15) is 19.5 Å². The van der Waals surface area contributed by atoms with Gasteiger partial charge in [0.1, 0.15) is 6.61 Å². The van der Waals surface area contributed by atoms with Crippen LogP contribution in [-0.4, -0.2) is 52.5 Å². The van der Waals surface area contributed by atoms with Crippen molar-refractivity contribution in [3.8, 4) is 11.1 Å². The van der Waals surface area contributed by atoms with Crippen molar-refractivity contribution >= 4 is 18.0 Å². The van der Waals surface area contributed by atoms with E-state index in [1.807, 2.05) is 24.3 Å². The topological polar surface area (TPSA) is 125 Å². The number of carbonyl (C=O) groups is 3. The van der Waals surface area contributed by atoms with Gasteiger partial charge in [0, 0.05) is 12.3 Å². The molecule has 4 rings (SSSR count). The average molecular weight is 467 g/mol. The molecule has 1 atom stereocenters. The maximum atomic E-state index is 12.8. The van der Waals surface area contributed by atoms with Crippen molar-refractivity contribution in [1.82, 2.24) is 10.6 Å². The van der Waals surface area contributed by atoms with Crippen LogP contribution in [-0.2, 0) is 14.3 Å². The lowest BCUT2D eigenvalue weighted by atomic mass is 9.92. The second-order valence-electron chi connectivity index (χ2n) is 9.47. The van der Waals surface area contributed by atoms with Crippen molar-refractivity contribution in [2.45, 2.75) is 56.1 Å². The van der Waals surface area contributed by atoms with Gasteiger partial charge in [-0.2, -0.15) is 0 Å². The molecule has 180 valence electrons. The highest BCUT2D eigenvalue weighted by Crippen LogP contribution is 2.44. The molecule has 2 aliphatic carbocycles. The molecular weight excluding hydrogens is 436 g/mol. The predicted octanol–water partition coefficient (Wildman–Crippen LogP) is 3.18. The number of hydrogen-bond acceptors (Lipinski definition) is 5. The van der Waals surface area contributed by atoms with Gasteiger partial charge in [-0.05, 0) is 42.0 Å². The standard InChI is InChI=1S/C26H30N2O6/c1-25(33,23(30)31)16-27-22(29)14-26(12-6-7-13-26)28-24(32)34-15-21-19-10-4-2-8-17(19)18-9-3-5-11-20(18)21/h2-5,8-11,21,33H,6-7,12-16H2,1H3,(H,27,29)(H,28,32)(H,30,31). The van der Waals surface area contributed by atoms with Crippen molar-refractivity contribution in [2.24, 2.45) is 0 Å². The third-order valence-electron chi connectivity index (χ3n) is 6.86. The summed E-state index contributed by atoms with van der Waals surface area (Å²) in [5.74, 6) is -1.90. The molecule has 8 nitrogen and oxygen atoms in total. The molecule has 0 spiro atoms. The van der Waals surface area contributed by atoms with Gasteiger partial charge < -0.3 is 25.6 Å². The molecule has 1 unspecified atom stereocenters. The van der Waals surface area contributed by atoms with Crippen LogP contribution in [0.4, 0.5) is 4.79 Å². The highest BCUT2D eigenvalue weighted by Gasteiger charge is 2.39. The van der Waals surface area contributed by atoms with E-state index >= 15 is 0 Å². The molecule has 2 aromatic rings. The Bertz CT molecular complexity index is 1040. The number of amides is 2. The number of carboxylic acid groups (broad SMARTS) is 1. The monoisotopic (exact) mass is 466 g/mol. The minimum atomic E-state index is -2.06. The quantitative estimate of drug-likeness (QED) is 0.474. The van der Waals surface area contributed by atoms with Gasteiger partial charge in [0.15, 0.2) is 5.60 Å². The number of aliphatic carboxylic acids is 1. The number of aliphatic hydroxyl groups is 1. The second-order valence-corrected chi connectivity index (χ2v) is 9.47. The summed E-state index contributed by atoms with van der Waals surface area (Å²) in [5.41, 5.74) is 1.73. The summed E-state index contributed by atoms with van der Waals surface area (Å²) < 4.78 is 5.65. The zero-order valence-electron chi connectivity index (χ0n) is 19.2. The van der Waals surface area contributed by atoms with Crippen LogP contribution in [0.15, 0.2) is 48.5 Å². The first-order valence-electron chi connectivity index (χ1n) is 11.6. The zero-order chi connectivity index (χ0) is 24.3. The molecule has 1 fully saturated rings. The number of hydrogen-bond donors (Lipinski definition) is 4. The van der Waals surface area contributed by atoms with Crippen molar-refractivity contribution in [3.63, 3.8) is 0 Å². The summed E-state index contributed by atoms with van der Waals surface area (Å²) in [4.78, 5) is 36.3. The van der Waals surface area contributed by atoms with Crippen LogP contribution in [0.5, 0.6) is 0 Å². The van der Waals surface area contributed by atoms with Crippen LogP contribution in [0, 0.1) is 0 Å². The van der Waals surface area contributed by atoms with Gasteiger partial charge in [0.25, 0.3) is 0 Å². The lowest BCUT2D eigenvalue weighted by molar-refractivity contribution is -0.156.